The van der Waals surface area contributed by atoms with E-state index in [0.717, 1.165) is 12.8 Å². The zero-order valence-electron chi connectivity index (χ0n) is 11.2. The Morgan fingerprint density at radius 1 is 1.39 bits per heavy atom. The number of benzene rings is 1. The molecule has 0 bridgehead atoms. The number of carbonyl (C=O) groups excluding carboxylic acids is 1. The predicted molar refractivity (Wildman–Crippen MR) is 75.4 cm³/mol. The molecule has 0 radical (unpaired) electrons. The van der Waals surface area contributed by atoms with E-state index in [1.165, 1.54) is 24.1 Å². The number of rotatable bonds is 3. The fourth-order valence-corrected chi connectivity index (χ4v) is 2.83. The molecule has 0 aromatic heterocycles. The first kappa shape index (κ1) is 12.9. The summed E-state index contributed by atoms with van der Waals surface area (Å²) in [6, 6.07) is 8.64. The molecule has 96 valence electrons. The van der Waals surface area contributed by atoms with Gasteiger partial charge in [0.05, 0.1) is 0 Å². The van der Waals surface area contributed by atoms with Crippen LogP contribution in [-0.2, 0) is 4.79 Å². The molecule has 1 aromatic rings. The minimum Gasteiger partial charge on any atom is -0.381 e. The van der Waals surface area contributed by atoms with Gasteiger partial charge in [0.25, 0.3) is 0 Å². The smallest absolute Gasteiger partial charge is 0.120 e. The highest BCUT2D eigenvalue weighted by Crippen LogP contribution is 2.38. The third kappa shape index (κ3) is 2.65. The van der Waals surface area contributed by atoms with Crippen molar-refractivity contribution in [3.05, 3.63) is 35.9 Å². The van der Waals surface area contributed by atoms with Crippen LogP contribution in [0.15, 0.2) is 30.3 Å². The summed E-state index contributed by atoms with van der Waals surface area (Å²) in [7, 11) is 0. The normalized spacial score (nSPS) is 27.3. The molecule has 1 N–H and O–H groups in total. The molecular formula is C16H21NO. The van der Waals surface area contributed by atoms with E-state index in [4.69, 9.17) is 0 Å². The van der Waals surface area contributed by atoms with E-state index in [1.54, 1.807) is 6.08 Å². The molecule has 2 unspecified atom stereocenters. The summed E-state index contributed by atoms with van der Waals surface area (Å²) in [5, 5.41) is 3.61. The van der Waals surface area contributed by atoms with Crippen molar-refractivity contribution in [1.82, 2.24) is 0 Å². The molecule has 1 aromatic carbocycles. The Hall–Kier alpha value is -1.53. The van der Waals surface area contributed by atoms with Gasteiger partial charge in [0.2, 0.25) is 0 Å². The van der Waals surface area contributed by atoms with Crippen molar-refractivity contribution < 1.29 is 4.79 Å². The van der Waals surface area contributed by atoms with Gasteiger partial charge < -0.3 is 5.32 Å². The van der Waals surface area contributed by atoms with Gasteiger partial charge >= 0.3 is 0 Å². The van der Waals surface area contributed by atoms with E-state index in [-0.39, 0.29) is 5.41 Å². The van der Waals surface area contributed by atoms with Crippen molar-refractivity contribution in [2.75, 3.05) is 5.32 Å². The van der Waals surface area contributed by atoms with Gasteiger partial charge in [0, 0.05) is 23.2 Å². The molecule has 2 rings (SSSR count). The Balaban J connectivity index is 2.20. The average Bonchev–Trinajstić information content (AvgIpc) is 2.35. The summed E-state index contributed by atoms with van der Waals surface area (Å²) >= 11 is 0. The molecular weight excluding hydrogens is 222 g/mol. The number of para-hydroxylation sites is 1. The lowest BCUT2D eigenvalue weighted by atomic mass is 9.71. The first-order chi connectivity index (χ1) is 8.65. The molecule has 1 aliphatic rings. The highest BCUT2D eigenvalue weighted by atomic mass is 16.1. The lowest BCUT2D eigenvalue weighted by molar-refractivity contribution is 0.257. The molecule has 0 saturated heterocycles. The number of anilines is 1. The second kappa shape index (κ2) is 5.41. The molecule has 2 atom stereocenters. The number of nitrogens with one attached hydrogen (secondary N) is 1. The van der Waals surface area contributed by atoms with E-state index in [9.17, 15) is 4.79 Å². The van der Waals surface area contributed by atoms with Crippen LogP contribution >= 0.6 is 0 Å². The number of aryl methyl sites for hydroxylation is 1. The molecule has 1 saturated carbocycles. The molecule has 1 fully saturated rings. The minimum atomic E-state index is -0.0672. The Bertz CT molecular complexity index is 462. The Morgan fingerprint density at radius 3 is 2.89 bits per heavy atom. The third-order valence-corrected chi connectivity index (χ3v) is 4.12. The molecule has 0 heterocycles. The van der Waals surface area contributed by atoms with E-state index >= 15 is 0 Å². The molecule has 18 heavy (non-hydrogen) atoms. The maximum atomic E-state index is 10.7. The summed E-state index contributed by atoms with van der Waals surface area (Å²) < 4.78 is 0. The van der Waals surface area contributed by atoms with Crippen molar-refractivity contribution in [3.63, 3.8) is 0 Å². The Labute approximate surface area is 109 Å². The third-order valence-electron chi connectivity index (χ3n) is 4.12. The van der Waals surface area contributed by atoms with E-state index in [1.807, 2.05) is 18.1 Å². The lowest BCUT2D eigenvalue weighted by Gasteiger charge is -2.39. The van der Waals surface area contributed by atoms with E-state index in [2.05, 4.69) is 31.3 Å². The van der Waals surface area contributed by atoms with E-state index in [0.29, 0.717) is 6.04 Å². The lowest BCUT2D eigenvalue weighted by Crippen LogP contribution is -2.40. The summed E-state index contributed by atoms with van der Waals surface area (Å²) in [5.41, 5.74) is 2.36. The van der Waals surface area contributed by atoms with Gasteiger partial charge in [-0.2, -0.15) is 0 Å². The fraction of sp³-hybridized carbons (Fsp3) is 0.500. The highest BCUT2D eigenvalue weighted by Gasteiger charge is 2.35. The van der Waals surface area contributed by atoms with Gasteiger partial charge in [0.1, 0.15) is 5.94 Å². The van der Waals surface area contributed by atoms with Crippen LogP contribution in [0.1, 0.15) is 38.2 Å². The van der Waals surface area contributed by atoms with Crippen molar-refractivity contribution in [3.8, 4) is 0 Å². The maximum Gasteiger partial charge on any atom is 0.120 e. The van der Waals surface area contributed by atoms with Crippen LogP contribution in [0.3, 0.4) is 0 Å². The van der Waals surface area contributed by atoms with E-state index < -0.39 is 0 Å². The number of hydrogen-bond acceptors (Lipinski definition) is 2. The second-order valence-electron chi connectivity index (χ2n) is 5.53. The van der Waals surface area contributed by atoms with Crippen LogP contribution in [0, 0.1) is 12.3 Å². The van der Waals surface area contributed by atoms with Crippen molar-refractivity contribution in [2.45, 2.75) is 45.6 Å². The zero-order chi connectivity index (χ0) is 13.0. The topological polar surface area (TPSA) is 29.1 Å². The molecule has 0 aliphatic heterocycles. The highest BCUT2D eigenvalue weighted by molar-refractivity contribution is 5.53. The van der Waals surface area contributed by atoms with Gasteiger partial charge in [-0.05, 0) is 31.4 Å². The summed E-state index contributed by atoms with van der Waals surface area (Å²) in [6.07, 6.45) is 6.31. The standard InChI is InChI=1S/C16H21NO/c1-13-7-3-4-8-14(13)17-15-9-5-6-10-16(15,2)11-12-18/h3-4,7-8,11,15,17H,5-6,9-10H2,1-2H3. The summed E-state index contributed by atoms with van der Waals surface area (Å²) in [5.74, 6) is 1.99. The van der Waals surface area contributed by atoms with Crippen molar-refractivity contribution >= 4 is 11.6 Å². The molecule has 0 spiro atoms. The van der Waals surface area contributed by atoms with Crippen LogP contribution in [0.25, 0.3) is 0 Å². The predicted octanol–water partition coefficient (Wildman–Crippen LogP) is 3.74. The van der Waals surface area contributed by atoms with Crippen molar-refractivity contribution in [1.29, 1.82) is 0 Å². The second-order valence-corrected chi connectivity index (χ2v) is 5.53. The first-order valence-corrected chi connectivity index (χ1v) is 6.70. The van der Waals surface area contributed by atoms with Crippen LogP contribution in [-0.4, -0.2) is 12.0 Å². The number of hydrogen-bond donors (Lipinski definition) is 1. The Kier molecular flexibility index (Phi) is 3.88. The maximum absolute atomic E-state index is 10.7. The fourth-order valence-electron chi connectivity index (χ4n) is 2.83. The van der Waals surface area contributed by atoms with Crippen LogP contribution < -0.4 is 5.32 Å². The summed E-state index contributed by atoms with van der Waals surface area (Å²) in [6.45, 7) is 4.27. The van der Waals surface area contributed by atoms with Gasteiger partial charge in [-0.15, -0.1) is 0 Å². The van der Waals surface area contributed by atoms with Crippen LogP contribution in [0.4, 0.5) is 5.69 Å². The average molecular weight is 243 g/mol. The molecule has 2 heteroatoms. The molecule has 1 aliphatic carbocycles. The quantitative estimate of drug-likeness (QED) is 0.819. The minimum absolute atomic E-state index is 0.0672. The first-order valence-electron chi connectivity index (χ1n) is 6.70. The zero-order valence-corrected chi connectivity index (χ0v) is 11.2. The van der Waals surface area contributed by atoms with Crippen LogP contribution in [0.5, 0.6) is 0 Å². The van der Waals surface area contributed by atoms with Crippen molar-refractivity contribution in [2.24, 2.45) is 5.41 Å². The molecule has 2 nitrogen and oxygen atoms in total. The largest absolute Gasteiger partial charge is 0.381 e. The van der Waals surface area contributed by atoms with Crippen LogP contribution in [0.2, 0.25) is 0 Å². The van der Waals surface area contributed by atoms with Gasteiger partial charge in [-0.1, -0.05) is 38.0 Å². The molecule has 0 amide bonds. The van der Waals surface area contributed by atoms with Gasteiger partial charge in [-0.25, -0.2) is 4.79 Å². The SMILES string of the molecule is Cc1ccccc1NC1CCCCC1(C)C=C=O. The van der Waals surface area contributed by atoms with Gasteiger partial charge in [0.15, 0.2) is 0 Å². The summed E-state index contributed by atoms with van der Waals surface area (Å²) in [4.78, 5) is 10.7. The Morgan fingerprint density at radius 2 is 2.17 bits per heavy atom. The monoisotopic (exact) mass is 243 g/mol. The van der Waals surface area contributed by atoms with Gasteiger partial charge in [-0.3, -0.25) is 0 Å².